The Hall–Kier alpha value is -2.78. The first-order chi connectivity index (χ1) is 13.1. The number of nitrogen functional groups attached to an aromatic ring is 1. The van der Waals surface area contributed by atoms with E-state index in [1.807, 2.05) is 18.2 Å². The van der Waals surface area contributed by atoms with Crippen molar-refractivity contribution < 1.29 is 9.84 Å². The van der Waals surface area contributed by atoms with Crippen LogP contribution in [0.25, 0.3) is 0 Å². The first-order valence-corrected chi connectivity index (χ1v) is 9.22. The van der Waals surface area contributed by atoms with Crippen LogP contribution < -0.4 is 10.5 Å². The average Bonchev–Trinajstić information content (AvgIpc) is 2.71. The number of fused-ring (bicyclic) bond motifs is 1. The zero-order valence-corrected chi connectivity index (χ0v) is 16.1. The number of nitrogens with two attached hydrogens (primary N) is 1. The number of rotatable bonds is 2. The van der Waals surface area contributed by atoms with Crippen molar-refractivity contribution in [2.45, 2.75) is 25.7 Å². The number of para-hydroxylation sites is 1. The number of hydrogen-bond donors (Lipinski definition) is 2. The molecule has 1 heterocycles. The Morgan fingerprint density at radius 3 is 2.22 bits per heavy atom. The fourth-order valence-corrected chi connectivity index (χ4v) is 3.76. The van der Waals surface area contributed by atoms with E-state index >= 15 is 0 Å². The van der Waals surface area contributed by atoms with Gasteiger partial charge in [0, 0.05) is 30.2 Å². The van der Waals surface area contributed by atoms with E-state index in [0.29, 0.717) is 6.61 Å². The molecule has 0 spiro atoms. The summed E-state index contributed by atoms with van der Waals surface area (Å²) in [5.41, 5.74) is 13.2. The molecule has 0 bridgehead atoms. The number of aliphatic hydroxyl groups excluding tert-OH is 1. The van der Waals surface area contributed by atoms with Gasteiger partial charge in [0.15, 0.2) is 0 Å². The molecule has 0 aliphatic carbocycles. The van der Waals surface area contributed by atoms with Crippen LogP contribution in [0, 0.1) is 13.8 Å². The highest BCUT2D eigenvalue weighted by Crippen LogP contribution is 2.46. The minimum atomic E-state index is 0.271. The maximum absolute atomic E-state index is 7.00. The molecule has 27 heavy (non-hydrogen) atoms. The first-order valence-electron chi connectivity index (χ1n) is 9.22. The van der Waals surface area contributed by atoms with Crippen LogP contribution in [0.15, 0.2) is 66.7 Å². The van der Waals surface area contributed by atoms with Gasteiger partial charge in [0.1, 0.15) is 5.75 Å². The third kappa shape index (κ3) is 3.83. The Kier molecular flexibility index (Phi) is 5.82. The zero-order valence-electron chi connectivity index (χ0n) is 16.1. The summed E-state index contributed by atoms with van der Waals surface area (Å²) >= 11 is 0. The van der Waals surface area contributed by atoms with E-state index in [0.717, 1.165) is 18.5 Å². The van der Waals surface area contributed by atoms with Gasteiger partial charge >= 0.3 is 0 Å². The molecule has 0 saturated carbocycles. The van der Waals surface area contributed by atoms with Crippen LogP contribution in [0.5, 0.6) is 5.75 Å². The smallest absolute Gasteiger partial charge is 0.123 e. The highest BCUT2D eigenvalue weighted by Gasteiger charge is 2.33. The molecule has 140 valence electrons. The Labute approximate surface area is 161 Å². The lowest BCUT2D eigenvalue weighted by molar-refractivity contribution is 0.249. The molecule has 1 aliphatic heterocycles. The number of ether oxygens (including phenoxy) is 1. The lowest BCUT2D eigenvalue weighted by Crippen LogP contribution is -2.25. The van der Waals surface area contributed by atoms with Crippen LogP contribution in [-0.2, 0) is 0 Å². The molecule has 3 nitrogen and oxygen atoms in total. The molecular formula is C24H27NO2. The van der Waals surface area contributed by atoms with E-state index in [2.05, 4.69) is 62.4 Å². The van der Waals surface area contributed by atoms with E-state index in [9.17, 15) is 0 Å². The van der Waals surface area contributed by atoms with Crippen molar-refractivity contribution in [2.24, 2.45) is 0 Å². The highest BCUT2D eigenvalue weighted by molar-refractivity contribution is 5.50. The third-order valence-corrected chi connectivity index (χ3v) is 5.33. The molecule has 2 unspecified atom stereocenters. The lowest BCUT2D eigenvalue weighted by Gasteiger charge is -2.34. The van der Waals surface area contributed by atoms with Crippen LogP contribution in [0.1, 0.15) is 39.7 Å². The van der Waals surface area contributed by atoms with Gasteiger partial charge in [0.2, 0.25) is 0 Å². The maximum atomic E-state index is 7.00. The van der Waals surface area contributed by atoms with Gasteiger partial charge in [-0.2, -0.15) is 0 Å². The van der Waals surface area contributed by atoms with Crippen molar-refractivity contribution in [3.63, 3.8) is 0 Å². The molecule has 1 aliphatic rings. The normalized spacial score (nSPS) is 17.9. The standard InChI is InChI=1S/C23H23NO.CH4O/c1-15-7-8-18(13-16(15)2)21-14-25-22-6-4-3-5-20(22)23(21)17-9-11-19(24)12-10-17;1-2/h3-13,21,23H,14,24H2,1-2H3;2H,1H3. The minimum absolute atomic E-state index is 0.271. The van der Waals surface area contributed by atoms with Crippen molar-refractivity contribution in [1.29, 1.82) is 0 Å². The van der Waals surface area contributed by atoms with Gasteiger partial charge in [0.05, 0.1) is 6.61 Å². The van der Waals surface area contributed by atoms with Gasteiger partial charge in [-0.3, -0.25) is 0 Å². The molecule has 3 aromatic carbocycles. The van der Waals surface area contributed by atoms with Gasteiger partial charge in [-0.1, -0.05) is 48.5 Å². The molecule has 0 fully saturated rings. The predicted octanol–water partition coefficient (Wildman–Crippen LogP) is 4.80. The number of aliphatic hydroxyl groups is 1. The predicted molar refractivity (Wildman–Crippen MR) is 111 cm³/mol. The third-order valence-electron chi connectivity index (χ3n) is 5.33. The molecule has 0 saturated heterocycles. The maximum Gasteiger partial charge on any atom is 0.123 e. The van der Waals surface area contributed by atoms with Gasteiger partial charge in [-0.05, 0) is 54.3 Å². The van der Waals surface area contributed by atoms with Gasteiger partial charge in [-0.25, -0.2) is 0 Å². The SMILES string of the molecule is CO.Cc1ccc(C2COc3ccccc3C2c2ccc(N)cc2)cc1C. The number of hydrogen-bond acceptors (Lipinski definition) is 3. The first kappa shape index (κ1) is 19.0. The van der Waals surface area contributed by atoms with E-state index in [-0.39, 0.29) is 11.8 Å². The van der Waals surface area contributed by atoms with Crippen molar-refractivity contribution in [3.8, 4) is 5.75 Å². The monoisotopic (exact) mass is 361 g/mol. The molecular weight excluding hydrogens is 334 g/mol. The van der Waals surface area contributed by atoms with Crippen LogP contribution in [0.2, 0.25) is 0 Å². The van der Waals surface area contributed by atoms with E-state index < -0.39 is 0 Å². The molecule has 0 amide bonds. The minimum Gasteiger partial charge on any atom is -0.493 e. The summed E-state index contributed by atoms with van der Waals surface area (Å²) in [6.45, 7) is 5.02. The second kappa shape index (κ2) is 8.28. The summed E-state index contributed by atoms with van der Waals surface area (Å²) in [6.07, 6.45) is 0. The van der Waals surface area contributed by atoms with E-state index in [4.69, 9.17) is 15.6 Å². The molecule has 2 atom stereocenters. The summed E-state index contributed by atoms with van der Waals surface area (Å²) in [5.74, 6) is 1.55. The molecule has 4 rings (SSSR count). The zero-order chi connectivity index (χ0) is 19.4. The summed E-state index contributed by atoms with van der Waals surface area (Å²) in [6, 6.07) is 23.4. The summed E-state index contributed by atoms with van der Waals surface area (Å²) in [7, 11) is 1.00. The second-order valence-electron chi connectivity index (χ2n) is 6.94. The highest BCUT2D eigenvalue weighted by atomic mass is 16.5. The van der Waals surface area contributed by atoms with Gasteiger partial charge < -0.3 is 15.6 Å². The Morgan fingerprint density at radius 1 is 0.852 bits per heavy atom. The second-order valence-corrected chi connectivity index (χ2v) is 6.94. The Morgan fingerprint density at radius 2 is 1.52 bits per heavy atom. The number of benzene rings is 3. The van der Waals surface area contributed by atoms with Crippen molar-refractivity contribution in [1.82, 2.24) is 0 Å². The Bertz CT molecular complexity index is 903. The summed E-state index contributed by atoms with van der Waals surface area (Å²) < 4.78 is 6.11. The van der Waals surface area contributed by atoms with E-state index in [1.54, 1.807) is 0 Å². The van der Waals surface area contributed by atoms with Gasteiger partial charge in [0.25, 0.3) is 0 Å². The topological polar surface area (TPSA) is 55.5 Å². The van der Waals surface area contributed by atoms with E-state index in [1.165, 1.54) is 27.8 Å². The summed E-state index contributed by atoms with van der Waals surface area (Å²) in [5, 5.41) is 7.00. The van der Waals surface area contributed by atoms with Crippen molar-refractivity contribution in [3.05, 3.63) is 94.5 Å². The quantitative estimate of drug-likeness (QED) is 0.645. The van der Waals surface area contributed by atoms with Crippen molar-refractivity contribution >= 4 is 5.69 Å². The van der Waals surface area contributed by atoms with Crippen LogP contribution >= 0.6 is 0 Å². The lowest BCUT2D eigenvalue weighted by atomic mass is 9.75. The Balaban J connectivity index is 0.00000102. The largest absolute Gasteiger partial charge is 0.493 e. The van der Waals surface area contributed by atoms with Crippen LogP contribution in [0.3, 0.4) is 0 Å². The fraction of sp³-hybridized carbons (Fsp3) is 0.250. The molecule has 0 radical (unpaired) electrons. The number of aryl methyl sites for hydroxylation is 2. The molecule has 3 heteroatoms. The fourth-order valence-electron chi connectivity index (χ4n) is 3.76. The number of anilines is 1. The summed E-state index contributed by atoms with van der Waals surface area (Å²) in [4.78, 5) is 0. The average molecular weight is 361 g/mol. The van der Waals surface area contributed by atoms with Crippen LogP contribution in [0.4, 0.5) is 5.69 Å². The molecule has 0 aromatic heterocycles. The van der Waals surface area contributed by atoms with Gasteiger partial charge in [-0.15, -0.1) is 0 Å². The van der Waals surface area contributed by atoms with Crippen LogP contribution in [-0.4, -0.2) is 18.8 Å². The molecule has 3 N–H and O–H groups in total. The molecule has 3 aromatic rings. The van der Waals surface area contributed by atoms with Crippen molar-refractivity contribution in [2.75, 3.05) is 19.5 Å².